The number of likely N-dealkylation sites (tertiary alicyclic amines) is 1. The molecular formula is C28H46N2O2. The van der Waals surface area contributed by atoms with Crippen LogP contribution < -0.4 is 0 Å². The van der Waals surface area contributed by atoms with Crippen molar-refractivity contribution < 1.29 is 9.47 Å². The van der Waals surface area contributed by atoms with Gasteiger partial charge in [-0.3, -0.25) is 4.90 Å². The highest BCUT2D eigenvalue weighted by Crippen LogP contribution is 2.69. The second-order valence-electron chi connectivity index (χ2n) is 13.1. The van der Waals surface area contributed by atoms with E-state index in [9.17, 15) is 0 Å². The molecule has 6 rings (SSSR count). The Morgan fingerprint density at radius 1 is 0.969 bits per heavy atom. The van der Waals surface area contributed by atoms with Crippen LogP contribution >= 0.6 is 0 Å². The molecule has 180 valence electrons. The molecule has 6 aliphatic rings. The Morgan fingerprint density at radius 2 is 1.72 bits per heavy atom. The molecule has 32 heavy (non-hydrogen) atoms. The summed E-state index contributed by atoms with van der Waals surface area (Å²) >= 11 is 0. The minimum absolute atomic E-state index is 0.00852. The van der Waals surface area contributed by atoms with Gasteiger partial charge in [-0.15, -0.1) is 0 Å². The molecule has 2 aliphatic heterocycles. The van der Waals surface area contributed by atoms with Gasteiger partial charge in [-0.2, -0.15) is 0 Å². The third-order valence-electron chi connectivity index (χ3n) is 12.0. The van der Waals surface area contributed by atoms with E-state index >= 15 is 0 Å². The maximum atomic E-state index is 7.38. The van der Waals surface area contributed by atoms with E-state index in [2.05, 4.69) is 43.8 Å². The van der Waals surface area contributed by atoms with Crippen LogP contribution in [-0.2, 0) is 9.47 Å². The molecule has 0 bridgehead atoms. The maximum absolute atomic E-state index is 7.38. The van der Waals surface area contributed by atoms with Crippen LogP contribution in [0, 0.1) is 28.6 Å². The number of piperidine rings is 1. The number of allylic oxidation sites excluding steroid dienone is 1. The molecule has 0 unspecified atom stereocenters. The molecule has 4 heteroatoms. The van der Waals surface area contributed by atoms with Crippen LogP contribution in [0.3, 0.4) is 0 Å². The molecule has 2 saturated heterocycles. The van der Waals surface area contributed by atoms with Crippen molar-refractivity contribution in [2.24, 2.45) is 28.6 Å². The molecule has 0 radical (unpaired) electrons. The van der Waals surface area contributed by atoms with Gasteiger partial charge in [-0.1, -0.05) is 25.5 Å². The zero-order valence-corrected chi connectivity index (χ0v) is 21.3. The Morgan fingerprint density at radius 3 is 2.47 bits per heavy atom. The molecular weight excluding hydrogens is 396 g/mol. The van der Waals surface area contributed by atoms with Crippen molar-refractivity contribution in [3.8, 4) is 0 Å². The lowest BCUT2D eigenvalue weighted by Crippen LogP contribution is -2.56. The number of rotatable bonds is 1. The van der Waals surface area contributed by atoms with Crippen molar-refractivity contribution in [3.63, 3.8) is 0 Å². The van der Waals surface area contributed by atoms with E-state index < -0.39 is 0 Å². The predicted molar refractivity (Wildman–Crippen MR) is 128 cm³/mol. The molecule has 4 nitrogen and oxygen atoms in total. The summed E-state index contributed by atoms with van der Waals surface area (Å²) in [4.78, 5) is 5.11. The fraction of sp³-hybridized carbons (Fsp3) is 0.929. The van der Waals surface area contributed by atoms with Crippen molar-refractivity contribution in [3.05, 3.63) is 11.6 Å². The maximum Gasteiger partial charge on any atom is 0.124 e. The number of hydrogen-bond donors (Lipinski definition) is 0. The largest absolute Gasteiger partial charge is 0.381 e. The molecule has 0 N–H and O–H groups in total. The van der Waals surface area contributed by atoms with Crippen LogP contribution in [0.2, 0.25) is 0 Å². The third kappa shape index (κ3) is 2.82. The summed E-state index contributed by atoms with van der Waals surface area (Å²) < 4.78 is 13.2. The first-order valence-corrected chi connectivity index (χ1v) is 13.6. The highest BCUT2D eigenvalue weighted by Gasteiger charge is 2.69. The Kier molecular flexibility index (Phi) is 5.03. The van der Waals surface area contributed by atoms with Gasteiger partial charge in [0.1, 0.15) is 5.72 Å². The lowest BCUT2D eigenvalue weighted by Gasteiger charge is -2.59. The average Bonchev–Trinajstić information content (AvgIpc) is 3.22. The third-order valence-corrected chi connectivity index (χ3v) is 12.0. The first kappa shape index (κ1) is 22.1. The molecule has 0 aromatic carbocycles. The zero-order valence-electron chi connectivity index (χ0n) is 21.3. The summed E-state index contributed by atoms with van der Waals surface area (Å²) in [7, 11) is 6.52. The first-order valence-electron chi connectivity index (χ1n) is 13.6. The van der Waals surface area contributed by atoms with Gasteiger partial charge in [0.15, 0.2) is 0 Å². The molecule has 5 fully saturated rings. The highest BCUT2D eigenvalue weighted by atomic mass is 16.6. The number of methoxy groups -OCH3 is 1. The quantitative estimate of drug-likeness (QED) is 0.528. The Labute approximate surface area is 196 Å². The summed E-state index contributed by atoms with van der Waals surface area (Å²) in [6.45, 7) is 8.74. The fourth-order valence-electron chi connectivity index (χ4n) is 9.80. The van der Waals surface area contributed by atoms with E-state index in [0.717, 1.165) is 24.3 Å². The molecule has 0 amide bonds. The Balaban J connectivity index is 1.28. The topological polar surface area (TPSA) is 24.9 Å². The lowest BCUT2D eigenvalue weighted by molar-refractivity contribution is -0.203. The SMILES string of the molecule is CO[C@@H]1CC[C@@]2(C)C(=CC[C@@H]3[C@H]4CC[C@]5(CN(C)C6(CCN(C)CC6)O5)[C@@]4(C)CC[C@@H]32)C1. The van der Waals surface area contributed by atoms with Crippen LogP contribution in [0.4, 0.5) is 0 Å². The van der Waals surface area contributed by atoms with Gasteiger partial charge in [0, 0.05) is 45.0 Å². The zero-order chi connectivity index (χ0) is 22.4. The monoisotopic (exact) mass is 442 g/mol. The van der Waals surface area contributed by atoms with Crippen molar-refractivity contribution >= 4 is 0 Å². The van der Waals surface area contributed by atoms with Crippen LogP contribution in [0.25, 0.3) is 0 Å². The van der Waals surface area contributed by atoms with Gasteiger partial charge in [0.2, 0.25) is 0 Å². The van der Waals surface area contributed by atoms with Crippen molar-refractivity contribution in [2.45, 2.75) is 95.5 Å². The van der Waals surface area contributed by atoms with Gasteiger partial charge in [0.25, 0.3) is 0 Å². The van der Waals surface area contributed by atoms with Gasteiger partial charge in [-0.25, -0.2) is 0 Å². The normalized spacial score (nSPS) is 50.8. The molecule has 0 aromatic heterocycles. The summed E-state index contributed by atoms with van der Waals surface area (Å²) in [5, 5.41) is 0. The van der Waals surface area contributed by atoms with Gasteiger partial charge in [-0.05, 0) is 88.6 Å². The summed E-state index contributed by atoms with van der Waals surface area (Å²) in [6, 6.07) is 0. The number of ether oxygens (including phenoxy) is 2. The molecule has 7 atom stereocenters. The van der Waals surface area contributed by atoms with E-state index in [1.807, 2.05) is 7.11 Å². The molecule has 2 spiro atoms. The van der Waals surface area contributed by atoms with Gasteiger partial charge < -0.3 is 14.4 Å². The van der Waals surface area contributed by atoms with Gasteiger partial charge >= 0.3 is 0 Å². The van der Waals surface area contributed by atoms with Crippen molar-refractivity contribution in [2.75, 3.05) is 40.8 Å². The Bertz CT molecular complexity index is 788. The minimum atomic E-state index is -0.00852. The second kappa shape index (κ2) is 7.29. The average molecular weight is 443 g/mol. The predicted octanol–water partition coefficient (Wildman–Crippen LogP) is 5.09. The number of nitrogens with zero attached hydrogens (tertiary/aromatic N) is 2. The van der Waals surface area contributed by atoms with E-state index in [1.165, 1.54) is 77.3 Å². The minimum Gasteiger partial charge on any atom is -0.381 e. The summed E-state index contributed by atoms with van der Waals surface area (Å²) in [5.74, 6) is 2.54. The van der Waals surface area contributed by atoms with E-state index in [-0.39, 0.29) is 11.3 Å². The second-order valence-corrected chi connectivity index (χ2v) is 13.1. The van der Waals surface area contributed by atoms with E-state index in [1.54, 1.807) is 5.57 Å². The fourth-order valence-corrected chi connectivity index (χ4v) is 9.80. The summed E-state index contributed by atoms with van der Waals surface area (Å²) in [6.07, 6.45) is 15.9. The molecule has 4 aliphatic carbocycles. The Hall–Kier alpha value is -0.420. The highest BCUT2D eigenvalue weighted by molar-refractivity contribution is 5.27. The smallest absolute Gasteiger partial charge is 0.124 e. The number of fused-ring (bicyclic) bond motifs is 6. The molecule has 0 aromatic rings. The van der Waals surface area contributed by atoms with Crippen LogP contribution in [0.1, 0.15) is 78.1 Å². The standard InChI is InChI=1S/C28H46N2O2/c1-25-11-8-21(31-5)18-20(25)6-7-22-23(25)9-12-26(2)24(22)10-13-27(26)19-30(4)28(32-27)14-16-29(3)17-15-28/h6,21-24H,7-19H2,1-5H3/t21-,22+,23+,24-,25+,26+,27+/m1/s1. The van der Waals surface area contributed by atoms with Crippen LogP contribution in [0.15, 0.2) is 11.6 Å². The number of hydrogen-bond acceptors (Lipinski definition) is 4. The van der Waals surface area contributed by atoms with Crippen LogP contribution in [0.5, 0.6) is 0 Å². The molecule has 2 heterocycles. The summed E-state index contributed by atoms with van der Waals surface area (Å²) in [5.41, 5.74) is 2.55. The number of likely N-dealkylation sites (N-methyl/N-ethyl adjacent to an activating group) is 1. The van der Waals surface area contributed by atoms with Crippen molar-refractivity contribution in [1.82, 2.24) is 9.80 Å². The van der Waals surface area contributed by atoms with E-state index in [4.69, 9.17) is 9.47 Å². The van der Waals surface area contributed by atoms with Crippen LogP contribution in [-0.4, -0.2) is 68.1 Å². The lowest BCUT2D eigenvalue weighted by atomic mass is 9.47. The van der Waals surface area contributed by atoms with Crippen molar-refractivity contribution in [1.29, 1.82) is 0 Å². The van der Waals surface area contributed by atoms with Gasteiger partial charge in [0.05, 0.1) is 11.7 Å². The van der Waals surface area contributed by atoms with E-state index in [0.29, 0.717) is 16.9 Å². The molecule has 3 saturated carbocycles. The first-order chi connectivity index (χ1) is 15.3.